The van der Waals surface area contributed by atoms with Gasteiger partial charge < -0.3 is 14.9 Å². The largest absolute Gasteiger partial charge is 0.481 e. The molecule has 6 heteroatoms. The summed E-state index contributed by atoms with van der Waals surface area (Å²) in [7, 11) is 1.69. The molecule has 0 bridgehead atoms. The van der Waals surface area contributed by atoms with Crippen LogP contribution in [0.25, 0.3) is 0 Å². The molecule has 2 amide bonds. The lowest BCUT2D eigenvalue weighted by Crippen LogP contribution is -2.57. The zero-order valence-electron chi connectivity index (χ0n) is 14.7. The smallest absolute Gasteiger partial charge is 0.309 e. The van der Waals surface area contributed by atoms with Crippen molar-refractivity contribution < 1.29 is 19.5 Å². The Bertz CT molecular complexity index is 690. The molecule has 1 aromatic carbocycles. The number of carbonyl (C=O) groups excluding carboxylic acids is 2. The molecule has 1 aromatic rings. The predicted molar refractivity (Wildman–Crippen MR) is 91.9 cm³/mol. The average Bonchev–Trinajstić information content (AvgIpc) is 2.83. The zero-order valence-corrected chi connectivity index (χ0v) is 14.7. The highest BCUT2D eigenvalue weighted by Gasteiger charge is 2.55. The van der Waals surface area contributed by atoms with E-state index in [9.17, 15) is 19.5 Å². The molecular formula is C19H24N2O4. The first-order chi connectivity index (χ1) is 11.8. The van der Waals surface area contributed by atoms with Gasteiger partial charge in [0.15, 0.2) is 0 Å². The summed E-state index contributed by atoms with van der Waals surface area (Å²) in [4.78, 5) is 39.6. The van der Waals surface area contributed by atoms with Crippen molar-refractivity contribution in [3.05, 3.63) is 35.4 Å². The fourth-order valence-electron chi connectivity index (χ4n) is 4.12. The van der Waals surface area contributed by atoms with E-state index in [1.54, 1.807) is 16.8 Å². The van der Waals surface area contributed by atoms with Crippen molar-refractivity contribution in [3.8, 4) is 0 Å². The van der Waals surface area contributed by atoms with Crippen LogP contribution in [0.5, 0.6) is 0 Å². The molecule has 6 nitrogen and oxygen atoms in total. The van der Waals surface area contributed by atoms with Gasteiger partial charge in [-0.3, -0.25) is 14.4 Å². The first kappa shape index (κ1) is 17.5. The highest BCUT2D eigenvalue weighted by Crippen LogP contribution is 2.42. The fraction of sp³-hybridized carbons (Fsp3) is 0.526. The van der Waals surface area contributed by atoms with Gasteiger partial charge in [-0.2, -0.15) is 0 Å². The topological polar surface area (TPSA) is 77.9 Å². The van der Waals surface area contributed by atoms with Crippen molar-refractivity contribution >= 4 is 17.8 Å². The molecule has 1 N–H and O–H groups in total. The number of hydrogen-bond acceptors (Lipinski definition) is 3. The lowest BCUT2D eigenvalue weighted by molar-refractivity contribution is -0.146. The molecule has 0 aromatic heterocycles. The van der Waals surface area contributed by atoms with Gasteiger partial charge in [0.2, 0.25) is 11.8 Å². The maximum absolute atomic E-state index is 12.5. The number of likely N-dealkylation sites (tertiary alicyclic amines) is 2. The van der Waals surface area contributed by atoms with Crippen LogP contribution in [-0.4, -0.2) is 58.4 Å². The van der Waals surface area contributed by atoms with E-state index in [1.807, 2.05) is 31.2 Å². The van der Waals surface area contributed by atoms with Gasteiger partial charge in [-0.25, -0.2) is 0 Å². The molecule has 1 unspecified atom stereocenters. The molecule has 134 valence electrons. The van der Waals surface area contributed by atoms with Gasteiger partial charge in [0.1, 0.15) is 0 Å². The van der Waals surface area contributed by atoms with Crippen molar-refractivity contribution in [2.24, 2.45) is 5.92 Å². The second-order valence-corrected chi connectivity index (χ2v) is 7.19. The van der Waals surface area contributed by atoms with Crippen LogP contribution in [0.15, 0.2) is 24.3 Å². The van der Waals surface area contributed by atoms with Crippen LogP contribution >= 0.6 is 0 Å². The Morgan fingerprint density at radius 2 is 1.80 bits per heavy atom. The van der Waals surface area contributed by atoms with Crippen LogP contribution in [0.3, 0.4) is 0 Å². The first-order valence-electron chi connectivity index (χ1n) is 8.66. The van der Waals surface area contributed by atoms with Crippen LogP contribution in [0, 0.1) is 12.8 Å². The number of aryl methyl sites for hydroxylation is 1. The highest BCUT2D eigenvalue weighted by atomic mass is 16.4. The standard InChI is InChI=1S/C19H24N2O4/c1-13-3-5-14(6-4-13)11-17(23)21-9-7-19(8-10-21)15(18(24)25)12-16(22)20(19)2/h3-6,15H,7-12H2,1-2H3,(H,24,25). The molecule has 0 radical (unpaired) electrons. The van der Waals surface area contributed by atoms with Crippen LogP contribution in [-0.2, 0) is 20.8 Å². The van der Waals surface area contributed by atoms with E-state index in [4.69, 9.17) is 0 Å². The number of carbonyl (C=O) groups is 3. The van der Waals surface area contributed by atoms with Crippen LogP contribution in [0.4, 0.5) is 0 Å². The second kappa shape index (κ2) is 6.50. The summed E-state index contributed by atoms with van der Waals surface area (Å²) < 4.78 is 0. The Morgan fingerprint density at radius 1 is 1.20 bits per heavy atom. The number of amides is 2. The van der Waals surface area contributed by atoms with Gasteiger partial charge in [0.25, 0.3) is 0 Å². The van der Waals surface area contributed by atoms with Crippen molar-refractivity contribution in [2.45, 2.75) is 38.1 Å². The summed E-state index contributed by atoms with van der Waals surface area (Å²) in [6, 6.07) is 7.90. The summed E-state index contributed by atoms with van der Waals surface area (Å²) >= 11 is 0. The molecule has 3 rings (SSSR count). The lowest BCUT2D eigenvalue weighted by atomic mass is 9.77. The molecule has 0 aliphatic carbocycles. The van der Waals surface area contributed by atoms with E-state index in [1.165, 1.54) is 0 Å². The molecule has 2 fully saturated rings. The third-order valence-corrected chi connectivity index (χ3v) is 5.83. The second-order valence-electron chi connectivity index (χ2n) is 7.19. The first-order valence-corrected chi connectivity index (χ1v) is 8.66. The van der Waals surface area contributed by atoms with E-state index in [0.717, 1.165) is 11.1 Å². The SMILES string of the molecule is Cc1ccc(CC(=O)N2CCC3(CC2)C(C(=O)O)CC(=O)N3C)cc1. The lowest BCUT2D eigenvalue weighted by Gasteiger charge is -2.45. The molecule has 2 aliphatic rings. The maximum Gasteiger partial charge on any atom is 0.309 e. The van der Waals surface area contributed by atoms with Crippen molar-refractivity contribution in [1.82, 2.24) is 9.80 Å². The third kappa shape index (κ3) is 3.13. The van der Waals surface area contributed by atoms with Crippen molar-refractivity contribution in [3.63, 3.8) is 0 Å². The third-order valence-electron chi connectivity index (χ3n) is 5.83. The summed E-state index contributed by atoms with van der Waals surface area (Å²) in [6.45, 7) is 2.99. The number of hydrogen-bond donors (Lipinski definition) is 1. The van der Waals surface area contributed by atoms with Gasteiger partial charge in [-0.15, -0.1) is 0 Å². The van der Waals surface area contributed by atoms with Gasteiger partial charge in [0.05, 0.1) is 17.9 Å². The summed E-state index contributed by atoms with van der Waals surface area (Å²) in [5, 5.41) is 9.50. The highest BCUT2D eigenvalue weighted by molar-refractivity contribution is 5.88. The minimum Gasteiger partial charge on any atom is -0.481 e. The number of carboxylic acids is 1. The van der Waals surface area contributed by atoms with Crippen LogP contribution < -0.4 is 0 Å². The molecule has 2 aliphatic heterocycles. The summed E-state index contributed by atoms with van der Waals surface area (Å²) in [5.74, 6) is -1.67. The number of rotatable bonds is 3. The Morgan fingerprint density at radius 3 is 2.36 bits per heavy atom. The summed E-state index contributed by atoms with van der Waals surface area (Å²) in [6.07, 6.45) is 1.45. The molecule has 25 heavy (non-hydrogen) atoms. The number of piperidine rings is 1. The molecule has 1 spiro atoms. The molecule has 1 atom stereocenters. The quantitative estimate of drug-likeness (QED) is 0.900. The Hall–Kier alpha value is -2.37. The predicted octanol–water partition coefficient (Wildman–Crippen LogP) is 1.46. The monoisotopic (exact) mass is 344 g/mol. The number of carboxylic acid groups (broad SMARTS) is 1. The fourth-order valence-corrected chi connectivity index (χ4v) is 4.12. The number of nitrogens with zero attached hydrogens (tertiary/aromatic N) is 2. The summed E-state index contributed by atoms with van der Waals surface area (Å²) in [5.41, 5.74) is 1.49. The molecular weight excluding hydrogens is 320 g/mol. The van der Waals surface area contributed by atoms with Gasteiger partial charge in [-0.05, 0) is 25.3 Å². The van der Waals surface area contributed by atoms with E-state index in [2.05, 4.69) is 0 Å². The Labute approximate surface area is 147 Å². The van der Waals surface area contributed by atoms with Crippen molar-refractivity contribution in [2.75, 3.05) is 20.1 Å². The van der Waals surface area contributed by atoms with E-state index < -0.39 is 17.4 Å². The van der Waals surface area contributed by atoms with Gasteiger partial charge in [-0.1, -0.05) is 29.8 Å². The Kier molecular flexibility index (Phi) is 4.54. The normalized spacial score (nSPS) is 22.5. The maximum atomic E-state index is 12.5. The molecule has 0 saturated carbocycles. The van der Waals surface area contributed by atoms with E-state index >= 15 is 0 Å². The number of benzene rings is 1. The molecule has 2 heterocycles. The van der Waals surface area contributed by atoms with Gasteiger partial charge >= 0.3 is 5.97 Å². The van der Waals surface area contributed by atoms with E-state index in [0.29, 0.717) is 32.4 Å². The van der Waals surface area contributed by atoms with Gasteiger partial charge in [0, 0.05) is 26.6 Å². The minimum absolute atomic E-state index is 0.0533. The zero-order chi connectivity index (χ0) is 18.2. The number of aliphatic carboxylic acids is 1. The average molecular weight is 344 g/mol. The Balaban J connectivity index is 1.66. The van der Waals surface area contributed by atoms with Crippen LogP contribution in [0.1, 0.15) is 30.4 Å². The van der Waals surface area contributed by atoms with E-state index in [-0.39, 0.29) is 18.2 Å². The van der Waals surface area contributed by atoms with Crippen molar-refractivity contribution in [1.29, 1.82) is 0 Å². The minimum atomic E-state index is -0.919. The molecule has 2 saturated heterocycles. The van der Waals surface area contributed by atoms with Crippen LogP contribution in [0.2, 0.25) is 0 Å².